The summed E-state index contributed by atoms with van der Waals surface area (Å²) in [4.78, 5) is 4.12. The number of phenolic OH excluding ortho intramolecular Hbond substituents is 1. The van der Waals surface area contributed by atoms with Crippen LogP contribution in [-0.2, 0) is 6.42 Å². The van der Waals surface area contributed by atoms with Gasteiger partial charge < -0.3 is 16.2 Å². The van der Waals surface area contributed by atoms with Crippen LogP contribution in [0.1, 0.15) is 5.56 Å². The summed E-state index contributed by atoms with van der Waals surface area (Å²) in [6.45, 7) is 0.712. The average Bonchev–Trinajstić information content (AvgIpc) is 2.34. The topological polar surface area (TPSA) is 71.2 Å². The number of nitrogens with zero attached hydrogens (tertiary/aromatic N) is 1. The molecule has 2 rings (SSSR count). The number of halogens is 1. The highest BCUT2D eigenvalue weighted by Gasteiger charge is 2.01. The fourth-order valence-electron chi connectivity index (χ4n) is 1.59. The van der Waals surface area contributed by atoms with Crippen LogP contribution in [0, 0.1) is 0 Å². The zero-order chi connectivity index (χ0) is 13.0. The monoisotopic (exact) mass is 263 g/mol. The van der Waals surface area contributed by atoms with Crippen LogP contribution in [0.15, 0.2) is 36.5 Å². The van der Waals surface area contributed by atoms with Gasteiger partial charge in [0.2, 0.25) is 0 Å². The molecule has 0 aliphatic rings. The molecule has 1 aromatic heterocycles. The molecular weight excluding hydrogens is 250 g/mol. The number of hydrogen-bond donors (Lipinski definition) is 3. The molecule has 4 N–H and O–H groups in total. The Morgan fingerprint density at radius 2 is 2.00 bits per heavy atom. The molecule has 94 valence electrons. The van der Waals surface area contributed by atoms with E-state index < -0.39 is 0 Å². The van der Waals surface area contributed by atoms with Gasteiger partial charge in [-0.1, -0.05) is 23.7 Å². The smallest absolute Gasteiger partial charge is 0.149 e. The van der Waals surface area contributed by atoms with Crippen molar-refractivity contribution in [3.05, 3.63) is 47.1 Å². The van der Waals surface area contributed by atoms with Crippen molar-refractivity contribution >= 4 is 23.1 Å². The summed E-state index contributed by atoms with van der Waals surface area (Å²) >= 11 is 5.77. The first-order chi connectivity index (χ1) is 8.65. The number of aromatic nitrogens is 1. The lowest BCUT2D eigenvalue weighted by molar-refractivity contribution is 0.475. The first kappa shape index (κ1) is 12.5. The van der Waals surface area contributed by atoms with E-state index in [0.29, 0.717) is 23.1 Å². The Bertz CT molecular complexity index is 528. The van der Waals surface area contributed by atoms with Gasteiger partial charge in [0.25, 0.3) is 0 Å². The fraction of sp³-hybridized carbons (Fsp3) is 0.154. The van der Waals surface area contributed by atoms with Crippen LogP contribution in [-0.4, -0.2) is 16.6 Å². The van der Waals surface area contributed by atoms with Gasteiger partial charge in [0, 0.05) is 12.7 Å². The minimum atomic E-state index is 0.273. The van der Waals surface area contributed by atoms with Crippen molar-refractivity contribution < 1.29 is 5.11 Å². The molecule has 0 fully saturated rings. The molecule has 0 aliphatic heterocycles. The zero-order valence-electron chi connectivity index (χ0n) is 9.73. The minimum Gasteiger partial charge on any atom is -0.508 e. The van der Waals surface area contributed by atoms with Crippen molar-refractivity contribution in [3.63, 3.8) is 0 Å². The number of rotatable bonds is 4. The highest BCUT2D eigenvalue weighted by molar-refractivity contribution is 6.30. The molecule has 0 radical (unpaired) electrons. The Balaban J connectivity index is 1.90. The number of hydrogen-bond acceptors (Lipinski definition) is 4. The predicted octanol–water partition coefficient (Wildman–Crippen LogP) is 2.68. The van der Waals surface area contributed by atoms with E-state index in [2.05, 4.69) is 10.3 Å². The fourth-order valence-corrected chi connectivity index (χ4v) is 1.76. The van der Waals surface area contributed by atoms with Crippen LogP contribution in [0.2, 0.25) is 5.02 Å². The van der Waals surface area contributed by atoms with E-state index in [1.165, 1.54) is 0 Å². The number of pyridine rings is 1. The highest BCUT2D eigenvalue weighted by Crippen LogP contribution is 2.19. The number of aromatic hydroxyl groups is 1. The van der Waals surface area contributed by atoms with Crippen molar-refractivity contribution in [1.29, 1.82) is 0 Å². The van der Waals surface area contributed by atoms with E-state index in [9.17, 15) is 0 Å². The van der Waals surface area contributed by atoms with Crippen LogP contribution in [0.25, 0.3) is 0 Å². The Hall–Kier alpha value is -1.94. The molecule has 4 nitrogen and oxygen atoms in total. The number of nitrogens with one attached hydrogen (secondary N) is 1. The van der Waals surface area contributed by atoms with Crippen LogP contribution in [0.3, 0.4) is 0 Å². The molecular formula is C13H14ClN3O. The van der Waals surface area contributed by atoms with E-state index in [0.717, 1.165) is 12.0 Å². The Morgan fingerprint density at radius 1 is 1.28 bits per heavy atom. The second-order valence-corrected chi connectivity index (χ2v) is 4.37. The Kier molecular flexibility index (Phi) is 3.89. The molecule has 0 aliphatic carbocycles. The predicted molar refractivity (Wildman–Crippen MR) is 74.0 cm³/mol. The molecule has 1 aromatic carbocycles. The first-order valence-electron chi connectivity index (χ1n) is 5.58. The van der Waals surface area contributed by atoms with E-state index in [-0.39, 0.29) is 5.75 Å². The van der Waals surface area contributed by atoms with Crippen molar-refractivity contribution in [3.8, 4) is 5.75 Å². The third kappa shape index (κ3) is 3.28. The molecule has 18 heavy (non-hydrogen) atoms. The molecule has 1 heterocycles. The van der Waals surface area contributed by atoms with Gasteiger partial charge in [-0.25, -0.2) is 4.98 Å². The van der Waals surface area contributed by atoms with Crippen LogP contribution >= 0.6 is 11.6 Å². The Morgan fingerprint density at radius 3 is 2.67 bits per heavy atom. The maximum atomic E-state index is 9.17. The van der Waals surface area contributed by atoms with Gasteiger partial charge in [0.05, 0.1) is 10.7 Å². The van der Waals surface area contributed by atoms with Crippen LogP contribution in [0.4, 0.5) is 11.5 Å². The summed E-state index contributed by atoms with van der Waals surface area (Å²) in [6.07, 6.45) is 2.38. The van der Waals surface area contributed by atoms with Gasteiger partial charge in [0.15, 0.2) is 0 Å². The second kappa shape index (κ2) is 5.60. The van der Waals surface area contributed by atoms with Gasteiger partial charge in [-0.05, 0) is 30.2 Å². The highest BCUT2D eigenvalue weighted by atomic mass is 35.5. The lowest BCUT2D eigenvalue weighted by Gasteiger charge is -2.08. The average molecular weight is 264 g/mol. The number of anilines is 2. The normalized spacial score (nSPS) is 10.3. The van der Waals surface area contributed by atoms with Crippen LogP contribution in [0.5, 0.6) is 5.75 Å². The largest absolute Gasteiger partial charge is 0.508 e. The number of phenols is 1. The molecule has 0 bridgehead atoms. The maximum Gasteiger partial charge on any atom is 0.149 e. The molecule has 0 unspecified atom stereocenters. The Labute approximate surface area is 110 Å². The summed E-state index contributed by atoms with van der Waals surface area (Å²) in [7, 11) is 0. The third-order valence-electron chi connectivity index (χ3n) is 2.53. The number of nitrogen functional groups attached to an aromatic ring is 1. The summed E-state index contributed by atoms with van der Waals surface area (Å²) in [5, 5.41) is 12.8. The van der Waals surface area contributed by atoms with Crippen molar-refractivity contribution in [1.82, 2.24) is 4.98 Å². The first-order valence-corrected chi connectivity index (χ1v) is 5.96. The number of benzene rings is 1. The minimum absolute atomic E-state index is 0.273. The lowest BCUT2D eigenvalue weighted by atomic mass is 10.1. The molecule has 0 spiro atoms. The molecule has 0 atom stereocenters. The van der Waals surface area contributed by atoms with E-state index in [4.69, 9.17) is 22.4 Å². The summed E-state index contributed by atoms with van der Waals surface area (Å²) < 4.78 is 0. The zero-order valence-corrected chi connectivity index (χ0v) is 10.5. The van der Waals surface area contributed by atoms with Crippen molar-refractivity contribution in [2.45, 2.75) is 6.42 Å². The SMILES string of the molecule is Nc1cc(Cl)cnc1NCCc1ccc(O)cc1. The van der Waals surface area contributed by atoms with E-state index in [1.54, 1.807) is 24.4 Å². The summed E-state index contributed by atoms with van der Waals surface area (Å²) in [6, 6.07) is 8.78. The summed E-state index contributed by atoms with van der Waals surface area (Å²) in [5.41, 5.74) is 7.45. The van der Waals surface area contributed by atoms with Gasteiger partial charge >= 0.3 is 0 Å². The molecule has 0 amide bonds. The summed E-state index contributed by atoms with van der Waals surface area (Å²) in [5.74, 6) is 0.911. The van der Waals surface area contributed by atoms with Gasteiger partial charge in [0.1, 0.15) is 11.6 Å². The quantitative estimate of drug-likeness (QED) is 0.793. The molecule has 0 saturated heterocycles. The molecule has 2 aromatic rings. The van der Waals surface area contributed by atoms with Crippen LogP contribution < -0.4 is 11.1 Å². The van der Waals surface area contributed by atoms with Gasteiger partial charge in [-0.2, -0.15) is 0 Å². The van der Waals surface area contributed by atoms with Crippen molar-refractivity contribution in [2.75, 3.05) is 17.6 Å². The number of nitrogens with two attached hydrogens (primary N) is 1. The standard InChI is InChI=1S/C13H14ClN3O/c14-10-7-12(15)13(17-8-10)16-6-5-9-1-3-11(18)4-2-9/h1-4,7-8,18H,5-6,15H2,(H,16,17). The van der Waals surface area contributed by atoms with Gasteiger partial charge in [-0.15, -0.1) is 0 Å². The van der Waals surface area contributed by atoms with E-state index in [1.807, 2.05) is 12.1 Å². The second-order valence-electron chi connectivity index (χ2n) is 3.93. The molecule has 0 saturated carbocycles. The van der Waals surface area contributed by atoms with E-state index >= 15 is 0 Å². The third-order valence-corrected chi connectivity index (χ3v) is 2.73. The molecule has 5 heteroatoms. The van der Waals surface area contributed by atoms with Gasteiger partial charge in [-0.3, -0.25) is 0 Å². The van der Waals surface area contributed by atoms with Crippen molar-refractivity contribution in [2.24, 2.45) is 0 Å². The maximum absolute atomic E-state index is 9.17. The lowest BCUT2D eigenvalue weighted by Crippen LogP contribution is -2.08.